The second-order valence-electron chi connectivity index (χ2n) is 9.78. The molecule has 0 aliphatic heterocycles. The third-order valence-corrected chi connectivity index (χ3v) is 5.21. The van der Waals surface area contributed by atoms with Crippen LogP contribution < -0.4 is 27.0 Å². The molecular formula is C27H35N5O7. The average Bonchev–Trinajstić information content (AvgIpc) is 2.86. The predicted molar refractivity (Wildman–Crippen MR) is 142 cm³/mol. The van der Waals surface area contributed by atoms with Crippen molar-refractivity contribution in [2.24, 2.45) is 5.73 Å². The number of hydrogen-bond donors (Lipinski definition) is 6. The lowest BCUT2D eigenvalue weighted by molar-refractivity contribution is -0.131. The van der Waals surface area contributed by atoms with Crippen molar-refractivity contribution < 1.29 is 33.8 Å². The van der Waals surface area contributed by atoms with Crippen molar-refractivity contribution in [3.8, 4) is 5.75 Å². The molecular weight excluding hydrogens is 506 g/mol. The van der Waals surface area contributed by atoms with Crippen LogP contribution in [0.1, 0.15) is 31.9 Å². The Morgan fingerprint density at radius 1 is 0.795 bits per heavy atom. The van der Waals surface area contributed by atoms with Crippen LogP contribution in [-0.4, -0.2) is 65.6 Å². The van der Waals surface area contributed by atoms with Crippen LogP contribution in [0.25, 0.3) is 0 Å². The first-order valence-electron chi connectivity index (χ1n) is 12.3. The molecule has 12 nitrogen and oxygen atoms in total. The van der Waals surface area contributed by atoms with Crippen LogP contribution in [-0.2, 0) is 36.8 Å². The molecule has 2 atom stereocenters. The van der Waals surface area contributed by atoms with Gasteiger partial charge in [0.25, 0.3) is 0 Å². The van der Waals surface area contributed by atoms with Gasteiger partial charge in [-0.1, -0.05) is 42.5 Å². The molecule has 7 N–H and O–H groups in total. The first kappa shape index (κ1) is 30.6. The molecule has 39 heavy (non-hydrogen) atoms. The summed E-state index contributed by atoms with van der Waals surface area (Å²) in [5.41, 5.74) is 6.18. The molecule has 0 aliphatic rings. The number of ether oxygens (including phenoxy) is 1. The Bertz CT molecular complexity index is 1150. The highest BCUT2D eigenvalue weighted by Crippen LogP contribution is 2.12. The van der Waals surface area contributed by atoms with Crippen LogP contribution in [0.4, 0.5) is 4.79 Å². The summed E-state index contributed by atoms with van der Waals surface area (Å²) in [6.07, 6.45) is -0.594. The Hall–Kier alpha value is -4.61. The Morgan fingerprint density at radius 3 is 1.95 bits per heavy atom. The molecule has 0 saturated heterocycles. The third-order valence-electron chi connectivity index (χ3n) is 5.21. The number of rotatable bonds is 12. The van der Waals surface area contributed by atoms with E-state index in [2.05, 4.69) is 21.3 Å². The van der Waals surface area contributed by atoms with Crippen molar-refractivity contribution in [2.45, 2.75) is 51.3 Å². The number of phenols is 1. The number of hydrogen-bond acceptors (Lipinski definition) is 7. The number of benzene rings is 2. The first-order valence-corrected chi connectivity index (χ1v) is 12.3. The third kappa shape index (κ3) is 12.0. The summed E-state index contributed by atoms with van der Waals surface area (Å²) in [6.45, 7) is 4.17. The highest BCUT2D eigenvalue weighted by molar-refractivity contribution is 5.93. The minimum Gasteiger partial charge on any atom is -0.508 e. The molecule has 0 bridgehead atoms. The summed E-state index contributed by atoms with van der Waals surface area (Å²) in [7, 11) is 0. The lowest BCUT2D eigenvalue weighted by Crippen LogP contribution is -2.55. The van der Waals surface area contributed by atoms with Gasteiger partial charge in [-0.2, -0.15) is 0 Å². The SMILES string of the molecule is CC(C)(C)OC(=O)NCC(=O)NCC(=O)N[C@@H](Cc1ccccc1)C(=O)N[C@H](Cc1ccc(O)cc1)C(N)=O. The summed E-state index contributed by atoms with van der Waals surface area (Å²) in [6, 6.07) is 12.9. The molecule has 0 fully saturated rings. The van der Waals surface area contributed by atoms with Gasteiger partial charge >= 0.3 is 6.09 Å². The highest BCUT2D eigenvalue weighted by atomic mass is 16.6. The fraction of sp³-hybridized carbons (Fsp3) is 0.370. The topological polar surface area (TPSA) is 189 Å². The van der Waals surface area contributed by atoms with Gasteiger partial charge in [0.15, 0.2) is 0 Å². The smallest absolute Gasteiger partial charge is 0.408 e. The quantitative estimate of drug-likeness (QED) is 0.222. The number of nitrogens with one attached hydrogen (secondary N) is 4. The second-order valence-corrected chi connectivity index (χ2v) is 9.78. The molecule has 0 heterocycles. The van der Waals surface area contributed by atoms with Crippen molar-refractivity contribution in [3.05, 3.63) is 65.7 Å². The van der Waals surface area contributed by atoms with E-state index in [1.54, 1.807) is 63.2 Å². The Labute approximate surface area is 226 Å². The molecule has 0 spiro atoms. The zero-order chi connectivity index (χ0) is 29.0. The number of carbonyl (C=O) groups excluding carboxylic acids is 5. The van der Waals surface area contributed by atoms with Gasteiger partial charge in [-0.3, -0.25) is 19.2 Å². The number of carbonyl (C=O) groups is 5. The van der Waals surface area contributed by atoms with Gasteiger partial charge in [-0.25, -0.2) is 4.79 Å². The zero-order valence-electron chi connectivity index (χ0n) is 22.2. The van der Waals surface area contributed by atoms with Gasteiger partial charge in [0.2, 0.25) is 23.6 Å². The van der Waals surface area contributed by atoms with Crippen molar-refractivity contribution >= 4 is 29.7 Å². The number of aromatic hydroxyl groups is 1. The van der Waals surface area contributed by atoms with E-state index >= 15 is 0 Å². The summed E-state index contributed by atoms with van der Waals surface area (Å²) in [4.78, 5) is 61.5. The Balaban J connectivity index is 2.00. The maximum atomic E-state index is 13.1. The van der Waals surface area contributed by atoms with Gasteiger partial charge in [-0.15, -0.1) is 0 Å². The highest BCUT2D eigenvalue weighted by Gasteiger charge is 2.26. The van der Waals surface area contributed by atoms with Crippen molar-refractivity contribution in [3.63, 3.8) is 0 Å². The van der Waals surface area contributed by atoms with Crippen molar-refractivity contribution in [1.29, 1.82) is 0 Å². The normalized spacial score (nSPS) is 12.4. The summed E-state index contributed by atoms with van der Waals surface area (Å²) < 4.78 is 5.04. The van der Waals surface area contributed by atoms with Gasteiger partial charge in [-0.05, 0) is 44.0 Å². The molecule has 0 radical (unpaired) electrons. The predicted octanol–water partition coefficient (Wildman–Crippen LogP) is 0.273. The maximum absolute atomic E-state index is 13.1. The van der Waals surface area contributed by atoms with E-state index in [4.69, 9.17) is 10.5 Å². The van der Waals surface area contributed by atoms with Crippen molar-refractivity contribution in [2.75, 3.05) is 13.1 Å². The van der Waals surface area contributed by atoms with E-state index in [0.717, 1.165) is 5.56 Å². The van der Waals surface area contributed by atoms with Gasteiger partial charge < -0.3 is 36.8 Å². The average molecular weight is 542 g/mol. The van der Waals surface area contributed by atoms with Crippen LogP contribution in [0.5, 0.6) is 5.75 Å². The van der Waals surface area contributed by atoms with Gasteiger partial charge in [0.1, 0.15) is 30.0 Å². The zero-order valence-corrected chi connectivity index (χ0v) is 22.2. The number of alkyl carbamates (subject to hydrolysis) is 1. The molecule has 2 aromatic carbocycles. The lowest BCUT2D eigenvalue weighted by Gasteiger charge is -2.22. The van der Waals surface area contributed by atoms with E-state index in [1.165, 1.54) is 12.1 Å². The minimum absolute atomic E-state index is 0.0526. The Morgan fingerprint density at radius 2 is 1.36 bits per heavy atom. The molecule has 210 valence electrons. The monoisotopic (exact) mass is 541 g/mol. The van der Waals surface area contributed by atoms with Crippen molar-refractivity contribution in [1.82, 2.24) is 21.3 Å². The van der Waals surface area contributed by atoms with Crippen LogP contribution >= 0.6 is 0 Å². The first-order chi connectivity index (χ1) is 18.3. The van der Waals surface area contributed by atoms with E-state index in [0.29, 0.717) is 5.56 Å². The molecule has 0 saturated carbocycles. The number of phenolic OH excluding ortho intramolecular Hbond substituents is 1. The standard InChI is InChI=1S/C27H35N5O7/c1-27(2,3)39-26(38)30-15-22(34)29-16-23(35)31-21(14-17-7-5-4-6-8-17)25(37)32-20(24(28)36)13-18-9-11-19(33)12-10-18/h4-12,20-21,33H,13-16H2,1-3H3,(H2,28,36)(H,29,34)(H,30,38)(H,31,35)(H,32,37)/t20-,21+/m1/s1. The fourth-order valence-electron chi connectivity index (χ4n) is 3.38. The van der Waals surface area contributed by atoms with E-state index in [1.807, 2.05) is 0 Å². The summed E-state index contributed by atoms with van der Waals surface area (Å²) >= 11 is 0. The van der Waals surface area contributed by atoms with Crippen LogP contribution in [0.2, 0.25) is 0 Å². The number of primary amides is 1. The molecule has 0 aromatic heterocycles. The number of nitrogens with two attached hydrogens (primary N) is 1. The molecule has 2 rings (SSSR count). The molecule has 2 aromatic rings. The minimum atomic E-state index is -1.08. The summed E-state index contributed by atoms with van der Waals surface area (Å²) in [5.74, 6) is -2.66. The van der Waals surface area contributed by atoms with Crippen LogP contribution in [0, 0.1) is 0 Å². The fourth-order valence-corrected chi connectivity index (χ4v) is 3.38. The maximum Gasteiger partial charge on any atom is 0.408 e. The van der Waals surface area contributed by atoms with E-state index in [-0.39, 0.29) is 18.6 Å². The molecule has 5 amide bonds. The largest absolute Gasteiger partial charge is 0.508 e. The van der Waals surface area contributed by atoms with Crippen LogP contribution in [0.15, 0.2) is 54.6 Å². The molecule has 0 aliphatic carbocycles. The van der Waals surface area contributed by atoms with Gasteiger partial charge in [0, 0.05) is 12.8 Å². The summed E-state index contributed by atoms with van der Waals surface area (Å²) in [5, 5.41) is 19.3. The molecule has 12 heteroatoms. The Kier molecular flexibility index (Phi) is 11.3. The van der Waals surface area contributed by atoms with E-state index < -0.39 is 60.5 Å². The van der Waals surface area contributed by atoms with Crippen LogP contribution in [0.3, 0.4) is 0 Å². The molecule has 0 unspecified atom stereocenters. The van der Waals surface area contributed by atoms with E-state index in [9.17, 15) is 29.1 Å². The number of amides is 5. The second kappa shape index (κ2) is 14.4. The van der Waals surface area contributed by atoms with Gasteiger partial charge in [0.05, 0.1) is 6.54 Å². The lowest BCUT2D eigenvalue weighted by atomic mass is 10.0.